The average Bonchev–Trinajstić information content (AvgIpc) is 2.84. The molecule has 0 amide bonds. The highest BCUT2D eigenvalue weighted by molar-refractivity contribution is 14.0. The van der Waals surface area contributed by atoms with Gasteiger partial charge in [0.05, 0.1) is 6.26 Å². The molecule has 1 aromatic rings. The largest absolute Gasteiger partial charge is 0.469 e. The number of guanidine groups is 1. The molecule has 0 radical (unpaired) electrons. The third kappa shape index (κ3) is 9.23. The fourth-order valence-electron chi connectivity index (χ4n) is 1.51. The average molecular weight is 393 g/mol. The van der Waals surface area contributed by atoms with Gasteiger partial charge in [0.2, 0.25) is 0 Å². The first-order valence-corrected chi connectivity index (χ1v) is 7.12. The van der Waals surface area contributed by atoms with Crippen LogP contribution in [-0.2, 0) is 6.42 Å². The van der Waals surface area contributed by atoms with Gasteiger partial charge < -0.3 is 15.1 Å². The second-order valence-electron chi connectivity index (χ2n) is 5.61. The number of halogens is 1. The van der Waals surface area contributed by atoms with Crippen molar-refractivity contribution in [3.63, 3.8) is 0 Å². The van der Waals surface area contributed by atoms with E-state index in [4.69, 9.17) is 4.42 Å². The Kier molecular flexibility index (Phi) is 10.6. The smallest absolute Gasteiger partial charge is 0.191 e. The van der Waals surface area contributed by atoms with Gasteiger partial charge in [0, 0.05) is 26.1 Å². The number of nitrogens with one attached hydrogen (secondary N) is 2. The van der Waals surface area contributed by atoms with Crippen molar-refractivity contribution in [1.29, 1.82) is 0 Å². The lowest BCUT2D eigenvalue weighted by Crippen LogP contribution is -2.40. The van der Waals surface area contributed by atoms with Crippen molar-refractivity contribution in [2.45, 2.75) is 34.1 Å². The number of aliphatic imine (C=N–C) groups is 1. The molecule has 0 saturated carbocycles. The summed E-state index contributed by atoms with van der Waals surface area (Å²) < 4.78 is 5.31. The standard InChI is InChI=1S/C15H27N3O.HI/c1-12(2)10-17-15(18-11-13(3)4)16-8-7-14-6-5-9-19-14;/h5-6,9,12-13H,7-8,10-11H2,1-4H3,(H2,16,17,18);1H. The lowest BCUT2D eigenvalue weighted by Gasteiger charge is -2.14. The summed E-state index contributed by atoms with van der Waals surface area (Å²) >= 11 is 0. The molecule has 0 unspecified atom stereocenters. The van der Waals surface area contributed by atoms with Crippen LogP contribution >= 0.6 is 24.0 Å². The summed E-state index contributed by atoms with van der Waals surface area (Å²) in [6, 6.07) is 3.91. The van der Waals surface area contributed by atoms with Gasteiger partial charge in [0.1, 0.15) is 5.76 Å². The van der Waals surface area contributed by atoms with Gasteiger partial charge in [-0.3, -0.25) is 4.99 Å². The van der Waals surface area contributed by atoms with E-state index in [1.165, 1.54) is 0 Å². The van der Waals surface area contributed by atoms with E-state index in [1.807, 2.05) is 12.1 Å². The summed E-state index contributed by atoms with van der Waals surface area (Å²) in [5, 5.41) is 6.71. The predicted octanol–water partition coefficient (Wildman–Crippen LogP) is 3.29. The summed E-state index contributed by atoms with van der Waals surface area (Å²) in [5.74, 6) is 3.08. The Morgan fingerprint density at radius 3 is 2.50 bits per heavy atom. The number of nitrogens with zero attached hydrogens (tertiary/aromatic N) is 1. The van der Waals surface area contributed by atoms with Crippen molar-refractivity contribution >= 4 is 29.9 Å². The Morgan fingerprint density at radius 1 is 1.20 bits per heavy atom. The molecule has 0 aliphatic rings. The number of hydrogen-bond donors (Lipinski definition) is 2. The highest BCUT2D eigenvalue weighted by atomic mass is 127. The Hall–Kier alpha value is -0.720. The molecule has 1 heterocycles. The summed E-state index contributed by atoms with van der Waals surface area (Å²) in [4.78, 5) is 4.58. The van der Waals surface area contributed by atoms with E-state index in [0.717, 1.165) is 37.8 Å². The number of furan rings is 1. The monoisotopic (exact) mass is 393 g/mol. The maximum Gasteiger partial charge on any atom is 0.191 e. The third-order valence-corrected chi connectivity index (χ3v) is 2.54. The summed E-state index contributed by atoms with van der Waals surface area (Å²) in [6.07, 6.45) is 2.58. The minimum Gasteiger partial charge on any atom is -0.469 e. The summed E-state index contributed by atoms with van der Waals surface area (Å²) in [6.45, 7) is 11.3. The molecule has 0 atom stereocenters. The molecule has 2 N–H and O–H groups in total. The predicted molar refractivity (Wildman–Crippen MR) is 95.8 cm³/mol. The zero-order chi connectivity index (χ0) is 14.1. The Morgan fingerprint density at radius 2 is 1.95 bits per heavy atom. The van der Waals surface area contributed by atoms with E-state index in [9.17, 15) is 0 Å². The van der Waals surface area contributed by atoms with Gasteiger partial charge in [-0.2, -0.15) is 0 Å². The molecule has 0 aliphatic heterocycles. The highest BCUT2D eigenvalue weighted by Crippen LogP contribution is 1.99. The van der Waals surface area contributed by atoms with Crippen LogP contribution in [0.15, 0.2) is 27.8 Å². The van der Waals surface area contributed by atoms with Crippen LogP contribution in [0.5, 0.6) is 0 Å². The molecule has 0 spiro atoms. The van der Waals surface area contributed by atoms with Crippen molar-refractivity contribution in [3.05, 3.63) is 24.2 Å². The maximum absolute atomic E-state index is 5.31. The molecule has 20 heavy (non-hydrogen) atoms. The van der Waals surface area contributed by atoms with Crippen molar-refractivity contribution in [3.8, 4) is 0 Å². The molecule has 0 aliphatic carbocycles. The fourth-order valence-corrected chi connectivity index (χ4v) is 1.51. The van der Waals surface area contributed by atoms with Crippen LogP contribution in [0.2, 0.25) is 0 Å². The zero-order valence-electron chi connectivity index (χ0n) is 13.0. The molecule has 1 aromatic heterocycles. The van der Waals surface area contributed by atoms with E-state index in [0.29, 0.717) is 11.8 Å². The van der Waals surface area contributed by atoms with Gasteiger partial charge in [-0.15, -0.1) is 24.0 Å². The molecule has 0 bridgehead atoms. The Balaban J connectivity index is 0.00000361. The number of hydrogen-bond acceptors (Lipinski definition) is 2. The summed E-state index contributed by atoms with van der Waals surface area (Å²) in [7, 11) is 0. The van der Waals surface area contributed by atoms with E-state index in [2.05, 4.69) is 43.3 Å². The minimum absolute atomic E-state index is 0. The van der Waals surface area contributed by atoms with Crippen molar-refractivity contribution < 1.29 is 4.42 Å². The van der Waals surface area contributed by atoms with Gasteiger partial charge in [0.15, 0.2) is 5.96 Å². The Bertz CT molecular complexity index is 361. The van der Waals surface area contributed by atoms with E-state index in [1.54, 1.807) is 6.26 Å². The molecular weight excluding hydrogens is 365 g/mol. The third-order valence-electron chi connectivity index (χ3n) is 2.54. The van der Waals surface area contributed by atoms with Crippen LogP contribution < -0.4 is 10.6 Å². The fraction of sp³-hybridized carbons (Fsp3) is 0.667. The van der Waals surface area contributed by atoms with Crippen LogP contribution in [0.1, 0.15) is 33.5 Å². The van der Waals surface area contributed by atoms with Crippen LogP contribution in [0, 0.1) is 11.8 Å². The lowest BCUT2D eigenvalue weighted by atomic mass is 10.2. The van der Waals surface area contributed by atoms with Crippen molar-refractivity contribution in [2.75, 3.05) is 19.6 Å². The summed E-state index contributed by atoms with van der Waals surface area (Å²) in [5.41, 5.74) is 0. The molecule has 5 heteroatoms. The molecule has 116 valence electrons. The van der Waals surface area contributed by atoms with Crippen LogP contribution in [0.4, 0.5) is 0 Å². The molecule has 4 nitrogen and oxygen atoms in total. The van der Waals surface area contributed by atoms with Crippen molar-refractivity contribution in [1.82, 2.24) is 10.6 Å². The second kappa shape index (κ2) is 11.0. The molecule has 0 saturated heterocycles. The Labute approximate surface area is 139 Å². The topological polar surface area (TPSA) is 49.6 Å². The van der Waals surface area contributed by atoms with Crippen LogP contribution in [0.3, 0.4) is 0 Å². The lowest BCUT2D eigenvalue weighted by molar-refractivity contribution is 0.506. The molecule has 1 rings (SSSR count). The molecule has 0 fully saturated rings. The van der Waals surface area contributed by atoms with E-state index in [-0.39, 0.29) is 24.0 Å². The first-order chi connectivity index (χ1) is 9.08. The molecule has 0 aromatic carbocycles. The first kappa shape index (κ1) is 19.3. The number of rotatable bonds is 7. The van der Waals surface area contributed by atoms with Gasteiger partial charge in [-0.1, -0.05) is 27.7 Å². The van der Waals surface area contributed by atoms with E-state index < -0.39 is 0 Å². The molecular formula is C15H28IN3O. The normalized spacial score (nSPS) is 11.6. The quantitative estimate of drug-likeness (QED) is 0.425. The van der Waals surface area contributed by atoms with Crippen molar-refractivity contribution in [2.24, 2.45) is 16.8 Å². The van der Waals surface area contributed by atoms with Gasteiger partial charge in [-0.25, -0.2) is 0 Å². The maximum atomic E-state index is 5.31. The van der Waals surface area contributed by atoms with Gasteiger partial charge in [0.25, 0.3) is 0 Å². The first-order valence-electron chi connectivity index (χ1n) is 7.12. The van der Waals surface area contributed by atoms with Gasteiger partial charge in [-0.05, 0) is 24.0 Å². The van der Waals surface area contributed by atoms with Gasteiger partial charge >= 0.3 is 0 Å². The van der Waals surface area contributed by atoms with Crippen LogP contribution in [0.25, 0.3) is 0 Å². The highest BCUT2D eigenvalue weighted by Gasteiger charge is 2.02. The zero-order valence-corrected chi connectivity index (χ0v) is 15.3. The van der Waals surface area contributed by atoms with E-state index >= 15 is 0 Å². The second-order valence-corrected chi connectivity index (χ2v) is 5.61. The minimum atomic E-state index is 0. The van der Waals surface area contributed by atoms with Crippen LogP contribution in [-0.4, -0.2) is 25.6 Å². The SMILES string of the molecule is CC(C)CN=C(NCCc1ccco1)NCC(C)C.I.